The molecule has 1 fully saturated rings. The van der Waals surface area contributed by atoms with Crippen LogP contribution in [0.4, 0.5) is 10.5 Å². The second-order valence-corrected chi connectivity index (χ2v) is 4.66. The summed E-state index contributed by atoms with van der Waals surface area (Å²) in [7, 11) is 0. The van der Waals surface area contributed by atoms with Gasteiger partial charge in [0.1, 0.15) is 11.4 Å². The summed E-state index contributed by atoms with van der Waals surface area (Å²) >= 11 is 0.731. The fraction of sp³-hybridized carbons (Fsp3) is 0.100. The SMILES string of the molecule is O=C1NC(=O)C(c2ccc([N+](=O)[O-])c3nsnc23)C(=O)N1. The Bertz CT molecular complexity index is 795. The van der Waals surface area contributed by atoms with Crippen LogP contribution in [0.3, 0.4) is 0 Å². The highest BCUT2D eigenvalue weighted by atomic mass is 32.1. The van der Waals surface area contributed by atoms with Crippen LogP contribution in [0.1, 0.15) is 11.5 Å². The third-order valence-corrected chi connectivity index (χ3v) is 3.46. The molecule has 1 saturated heterocycles. The Morgan fingerprint density at radius 3 is 2.33 bits per heavy atom. The lowest BCUT2D eigenvalue weighted by Crippen LogP contribution is -2.54. The van der Waals surface area contributed by atoms with E-state index in [1.807, 2.05) is 10.6 Å². The van der Waals surface area contributed by atoms with E-state index in [-0.39, 0.29) is 22.3 Å². The summed E-state index contributed by atoms with van der Waals surface area (Å²) < 4.78 is 7.72. The van der Waals surface area contributed by atoms with Crippen LogP contribution in [0, 0.1) is 10.1 Å². The van der Waals surface area contributed by atoms with E-state index >= 15 is 0 Å². The van der Waals surface area contributed by atoms with E-state index in [1.165, 1.54) is 6.07 Å². The van der Waals surface area contributed by atoms with Gasteiger partial charge in [0.15, 0.2) is 5.52 Å². The van der Waals surface area contributed by atoms with Crippen LogP contribution < -0.4 is 10.6 Å². The Hall–Kier alpha value is -2.95. The molecule has 2 N–H and O–H groups in total. The van der Waals surface area contributed by atoms with Gasteiger partial charge < -0.3 is 0 Å². The number of non-ortho nitro benzene ring substituents is 1. The average Bonchev–Trinajstić information content (AvgIpc) is 2.86. The molecule has 21 heavy (non-hydrogen) atoms. The van der Waals surface area contributed by atoms with Gasteiger partial charge in [-0.2, -0.15) is 8.75 Å². The molecular formula is C10H5N5O5S. The molecule has 0 unspecified atom stereocenters. The van der Waals surface area contributed by atoms with Gasteiger partial charge in [0.25, 0.3) is 5.69 Å². The molecule has 1 aliphatic rings. The summed E-state index contributed by atoms with van der Waals surface area (Å²) in [6, 6.07) is 1.51. The van der Waals surface area contributed by atoms with Crippen molar-refractivity contribution in [2.75, 3.05) is 0 Å². The van der Waals surface area contributed by atoms with Crippen molar-refractivity contribution in [2.45, 2.75) is 5.92 Å². The van der Waals surface area contributed by atoms with Crippen molar-refractivity contribution in [3.8, 4) is 0 Å². The maximum absolute atomic E-state index is 11.8. The van der Waals surface area contributed by atoms with E-state index in [0.717, 1.165) is 17.8 Å². The fourth-order valence-electron chi connectivity index (χ4n) is 2.05. The van der Waals surface area contributed by atoms with Gasteiger partial charge in [-0.15, -0.1) is 0 Å². The van der Waals surface area contributed by atoms with Crippen LogP contribution in [0.15, 0.2) is 12.1 Å². The maximum Gasteiger partial charge on any atom is 0.328 e. The van der Waals surface area contributed by atoms with E-state index < -0.39 is 28.7 Å². The second-order valence-electron chi connectivity index (χ2n) is 4.13. The van der Waals surface area contributed by atoms with Gasteiger partial charge in [-0.25, -0.2) is 4.79 Å². The van der Waals surface area contributed by atoms with Crippen LogP contribution in [0.25, 0.3) is 11.0 Å². The first kappa shape index (κ1) is 13.1. The fourth-order valence-corrected chi connectivity index (χ4v) is 2.63. The Labute approximate surface area is 119 Å². The summed E-state index contributed by atoms with van der Waals surface area (Å²) in [5.41, 5.74) is -0.0131. The maximum atomic E-state index is 11.8. The van der Waals surface area contributed by atoms with Gasteiger partial charge in [-0.3, -0.25) is 30.3 Å². The minimum Gasteiger partial charge on any atom is -0.277 e. The summed E-state index contributed by atoms with van der Waals surface area (Å²) in [6.45, 7) is 0. The van der Waals surface area contributed by atoms with E-state index in [9.17, 15) is 24.5 Å². The first-order valence-electron chi connectivity index (χ1n) is 5.54. The number of rotatable bonds is 2. The van der Waals surface area contributed by atoms with Crippen LogP contribution in [0.5, 0.6) is 0 Å². The molecule has 3 rings (SSSR count). The number of fused-ring (bicyclic) bond motifs is 1. The predicted molar refractivity (Wildman–Crippen MR) is 68.5 cm³/mol. The minimum atomic E-state index is -1.31. The summed E-state index contributed by atoms with van der Waals surface area (Å²) in [6.07, 6.45) is 0. The number of barbiturate groups is 1. The standard InChI is InChI=1S/C10H5N5O5S/c16-8-5(9(17)12-10(18)11-8)3-1-2-4(15(19)20)7-6(3)13-21-14-7/h1-2,5H,(H2,11,12,16,17,18). The van der Waals surface area contributed by atoms with Crippen molar-refractivity contribution in [1.29, 1.82) is 0 Å². The molecule has 0 bridgehead atoms. The summed E-state index contributed by atoms with van der Waals surface area (Å²) in [5.74, 6) is -2.94. The molecule has 2 aromatic rings. The topological polar surface area (TPSA) is 144 Å². The Morgan fingerprint density at radius 2 is 1.71 bits per heavy atom. The zero-order valence-electron chi connectivity index (χ0n) is 10.0. The first-order chi connectivity index (χ1) is 9.99. The number of imide groups is 2. The van der Waals surface area contributed by atoms with Crippen molar-refractivity contribution in [3.63, 3.8) is 0 Å². The third kappa shape index (κ3) is 1.99. The predicted octanol–water partition coefficient (Wildman–Crippen LogP) is 0.0491. The Kier molecular flexibility index (Phi) is 2.83. The molecule has 0 atom stereocenters. The van der Waals surface area contributed by atoms with Gasteiger partial charge in [-0.05, 0) is 6.07 Å². The third-order valence-electron chi connectivity index (χ3n) is 2.93. The highest BCUT2D eigenvalue weighted by Crippen LogP contribution is 2.31. The highest BCUT2D eigenvalue weighted by molar-refractivity contribution is 7.00. The number of hydrogen-bond donors (Lipinski definition) is 2. The largest absolute Gasteiger partial charge is 0.328 e. The molecule has 0 aliphatic carbocycles. The van der Waals surface area contributed by atoms with Crippen LogP contribution >= 0.6 is 11.7 Å². The van der Waals surface area contributed by atoms with Gasteiger partial charge >= 0.3 is 6.03 Å². The normalized spacial score (nSPS) is 15.9. The molecule has 1 aromatic carbocycles. The molecule has 1 aromatic heterocycles. The first-order valence-corrected chi connectivity index (χ1v) is 6.27. The van der Waals surface area contributed by atoms with E-state index in [2.05, 4.69) is 8.75 Å². The number of nitrogens with zero attached hydrogens (tertiary/aromatic N) is 3. The van der Waals surface area contributed by atoms with Crippen LogP contribution in [-0.4, -0.2) is 31.5 Å². The zero-order valence-corrected chi connectivity index (χ0v) is 10.8. The second kappa shape index (κ2) is 4.56. The number of carbonyl (C=O) groups is 3. The molecular weight excluding hydrogens is 302 g/mol. The molecule has 10 nitrogen and oxygen atoms in total. The van der Waals surface area contributed by atoms with Crippen molar-refractivity contribution in [2.24, 2.45) is 0 Å². The van der Waals surface area contributed by atoms with Crippen LogP contribution in [-0.2, 0) is 9.59 Å². The summed E-state index contributed by atoms with van der Waals surface area (Å²) in [5, 5.41) is 14.8. The van der Waals surface area contributed by atoms with Gasteiger partial charge in [0.05, 0.1) is 16.7 Å². The number of nitrogens with one attached hydrogen (secondary N) is 2. The van der Waals surface area contributed by atoms with Crippen molar-refractivity contribution in [1.82, 2.24) is 19.4 Å². The number of carbonyl (C=O) groups excluding carboxylic acids is 3. The van der Waals surface area contributed by atoms with E-state index in [0.29, 0.717) is 0 Å². The van der Waals surface area contributed by atoms with Gasteiger partial charge in [0.2, 0.25) is 11.8 Å². The smallest absolute Gasteiger partial charge is 0.277 e. The van der Waals surface area contributed by atoms with Crippen LogP contribution in [0.2, 0.25) is 0 Å². The molecule has 0 radical (unpaired) electrons. The number of nitro benzene ring substituents is 1. The number of nitro groups is 1. The lowest BCUT2D eigenvalue weighted by atomic mass is 9.94. The van der Waals surface area contributed by atoms with Crippen molar-refractivity contribution in [3.05, 3.63) is 27.8 Å². The molecule has 106 valence electrons. The molecule has 0 saturated carbocycles. The van der Waals surface area contributed by atoms with Crippen molar-refractivity contribution >= 4 is 46.3 Å². The Balaban J connectivity index is 2.18. The number of aromatic nitrogens is 2. The van der Waals surface area contributed by atoms with E-state index in [4.69, 9.17) is 0 Å². The highest BCUT2D eigenvalue weighted by Gasteiger charge is 2.38. The number of benzene rings is 1. The van der Waals surface area contributed by atoms with E-state index in [1.54, 1.807) is 0 Å². The Morgan fingerprint density at radius 1 is 1.10 bits per heavy atom. The summed E-state index contributed by atoms with van der Waals surface area (Å²) in [4.78, 5) is 45.0. The lowest BCUT2D eigenvalue weighted by Gasteiger charge is -2.20. The average molecular weight is 307 g/mol. The van der Waals surface area contributed by atoms with Gasteiger partial charge in [0, 0.05) is 11.6 Å². The number of urea groups is 1. The van der Waals surface area contributed by atoms with Crippen molar-refractivity contribution < 1.29 is 19.3 Å². The monoisotopic (exact) mass is 307 g/mol. The zero-order chi connectivity index (χ0) is 15.1. The quantitative estimate of drug-likeness (QED) is 0.453. The van der Waals surface area contributed by atoms with Gasteiger partial charge in [-0.1, -0.05) is 0 Å². The lowest BCUT2D eigenvalue weighted by molar-refractivity contribution is -0.383. The molecule has 1 aliphatic heterocycles. The molecule has 0 spiro atoms. The number of amides is 4. The number of hydrogen-bond acceptors (Lipinski definition) is 8. The molecule has 2 heterocycles. The minimum absolute atomic E-state index is 0.000000000000000222. The molecule has 11 heteroatoms. The molecule has 4 amide bonds.